The second-order valence-electron chi connectivity index (χ2n) is 3.44. The van der Waals surface area contributed by atoms with E-state index in [0.29, 0.717) is 0 Å². The first-order valence-corrected chi connectivity index (χ1v) is 5.03. The van der Waals surface area contributed by atoms with Gasteiger partial charge in [-0.2, -0.15) is 0 Å². The first kappa shape index (κ1) is 10.6. The van der Waals surface area contributed by atoms with Crippen molar-refractivity contribution in [2.45, 2.75) is 6.61 Å². The highest BCUT2D eigenvalue weighted by atomic mass is 16.5. The van der Waals surface area contributed by atoms with Crippen molar-refractivity contribution in [1.82, 2.24) is 4.98 Å². The molecule has 0 unspecified atom stereocenters. The Morgan fingerprint density at radius 3 is 2.75 bits per heavy atom. The van der Waals surface area contributed by atoms with Crippen LogP contribution >= 0.6 is 0 Å². The van der Waals surface area contributed by atoms with E-state index in [9.17, 15) is 0 Å². The maximum absolute atomic E-state index is 8.92. The summed E-state index contributed by atoms with van der Waals surface area (Å²) in [6.45, 7) is 0.0192. The summed E-state index contributed by atoms with van der Waals surface area (Å²) in [4.78, 5) is 4.28. The fourth-order valence-electron chi connectivity index (χ4n) is 1.47. The minimum absolute atomic E-state index is 0.0192. The van der Waals surface area contributed by atoms with Crippen LogP contribution in [0.4, 0.5) is 0 Å². The molecule has 1 heterocycles. The third-order valence-electron chi connectivity index (χ3n) is 2.37. The Bertz CT molecular complexity index is 466. The molecule has 0 radical (unpaired) electrons. The molecule has 0 saturated heterocycles. The normalized spacial score (nSPS) is 10.1. The van der Waals surface area contributed by atoms with Crippen LogP contribution < -0.4 is 4.74 Å². The first-order chi connectivity index (χ1) is 7.83. The van der Waals surface area contributed by atoms with Crippen LogP contribution in [-0.2, 0) is 6.61 Å². The van der Waals surface area contributed by atoms with Gasteiger partial charge in [-0.25, -0.2) is 0 Å². The summed E-state index contributed by atoms with van der Waals surface area (Å²) in [6, 6.07) is 11.5. The molecule has 1 aromatic carbocycles. The van der Waals surface area contributed by atoms with Gasteiger partial charge in [-0.15, -0.1) is 0 Å². The van der Waals surface area contributed by atoms with E-state index in [1.54, 1.807) is 13.3 Å². The summed E-state index contributed by atoms with van der Waals surface area (Å²) in [5.74, 6) is 0.811. The smallest absolute Gasteiger partial charge is 0.119 e. The largest absolute Gasteiger partial charge is 0.497 e. The highest BCUT2D eigenvalue weighted by Gasteiger charge is 2.00. The van der Waals surface area contributed by atoms with Gasteiger partial charge in [-0.05, 0) is 23.8 Å². The van der Waals surface area contributed by atoms with E-state index in [0.717, 1.165) is 22.6 Å². The first-order valence-electron chi connectivity index (χ1n) is 5.03. The molecule has 0 amide bonds. The van der Waals surface area contributed by atoms with Crippen molar-refractivity contribution in [3.63, 3.8) is 0 Å². The molecule has 0 bridgehead atoms. The van der Waals surface area contributed by atoms with Crippen molar-refractivity contribution in [3.8, 4) is 17.0 Å². The van der Waals surface area contributed by atoms with E-state index < -0.39 is 0 Å². The molecule has 16 heavy (non-hydrogen) atoms. The monoisotopic (exact) mass is 215 g/mol. The van der Waals surface area contributed by atoms with E-state index >= 15 is 0 Å². The number of aromatic nitrogens is 1. The lowest BCUT2D eigenvalue weighted by atomic mass is 10.1. The van der Waals surface area contributed by atoms with E-state index in [2.05, 4.69) is 4.98 Å². The number of hydrogen-bond acceptors (Lipinski definition) is 3. The number of ether oxygens (including phenoxy) is 1. The van der Waals surface area contributed by atoms with Gasteiger partial charge in [-0.1, -0.05) is 18.2 Å². The van der Waals surface area contributed by atoms with Crippen LogP contribution in [0.2, 0.25) is 0 Å². The maximum atomic E-state index is 8.92. The minimum Gasteiger partial charge on any atom is -0.497 e. The third-order valence-corrected chi connectivity index (χ3v) is 2.37. The van der Waals surface area contributed by atoms with Crippen molar-refractivity contribution < 1.29 is 9.84 Å². The Labute approximate surface area is 94.3 Å². The molecule has 82 valence electrons. The van der Waals surface area contributed by atoms with Crippen LogP contribution in [0.5, 0.6) is 5.75 Å². The lowest BCUT2D eigenvalue weighted by molar-refractivity contribution is 0.281. The molecule has 3 nitrogen and oxygen atoms in total. The molecule has 0 aliphatic rings. The van der Waals surface area contributed by atoms with Gasteiger partial charge in [-0.3, -0.25) is 4.98 Å². The molecular weight excluding hydrogens is 202 g/mol. The Kier molecular flexibility index (Phi) is 3.17. The third kappa shape index (κ3) is 2.20. The van der Waals surface area contributed by atoms with Crippen LogP contribution in [0.1, 0.15) is 5.56 Å². The number of hydrogen-bond donors (Lipinski definition) is 1. The van der Waals surface area contributed by atoms with Crippen molar-refractivity contribution in [1.29, 1.82) is 0 Å². The van der Waals surface area contributed by atoms with Crippen molar-refractivity contribution in [2.75, 3.05) is 7.11 Å². The number of pyridine rings is 1. The zero-order valence-electron chi connectivity index (χ0n) is 9.05. The Balaban J connectivity index is 2.34. The fraction of sp³-hybridized carbons (Fsp3) is 0.154. The summed E-state index contributed by atoms with van der Waals surface area (Å²) < 4.78 is 5.15. The summed E-state index contributed by atoms with van der Waals surface area (Å²) in [7, 11) is 1.64. The molecule has 2 aromatic rings. The average Bonchev–Trinajstić information content (AvgIpc) is 2.39. The summed E-state index contributed by atoms with van der Waals surface area (Å²) in [5, 5.41) is 8.92. The molecule has 2 rings (SSSR count). The van der Waals surface area contributed by atoms with Gasteiger partial charge in [0.25, 0.3) is 0 Å². The Hall–Kier alpha value is -1.87. The van der Waals surface area contributed by atoms with E-state index in [1.165, 1.54) is 0 Å². The van der Waals surface area contributed by atoms with Gasteiger partial charge in [0.05, 0.1) is 19.4 Å². The number of nitrogens with zero attached hydrogens (tertiary/aromatic N) is 1. The SMILES string of the molecule is COc1cccc(-c2ccc(CO)cn2)c1. The van der Waals surface area contributed by atoms with Crippen molar-refractivity contribution in [2.24, 2.45) is 0 Å². The lowest BCUT2D eigenvalue weighted by Crippen LogP contribution is -1.88. The Morgan fingerprint density at radius 1 is 1.25 bits per heavy atom. The van der Waals surface area contributed by atoms with Gasteiger partial charge in [0, 0.05) is 11.8 Å². The number of aliphatic hydroxyl groups is 1. The minimum atomic E-state index is 0.0192. The fourth-order valence-corrected chi connectivity index (χ4v) is 1.47. The standard InChI is InChI=1S/C13H13NO2/c1-16-12-4-2-3-11(7-12)13-6-5-10(9-15)8-14-13/h2-8,15H,9H2,1H3. The second-order valence-corrected chi connectivity index (χ2v) is 3.44. The van der Waals surface area contributed by atoms with Crippen LogP contribution in [0.25, 0.3) is 11.3 Å². The van der Waals surface area contributed by atoms with Crippen molar-refractivity contribution in [3.05, 3.63) is 48.2 Å². The quantitative estimate of drug-likeness (QED) is 0.853. The number of aliphatic hydroxyl groups excluding tert-OH is 1. The molecule has 3 heteroatoms. The van der Waals surface area contributed by atoms with Crippen LogP contribution in [-0.4, -0.2) is 17.2 Å². The van der Waals surface area contributed by atoms with Gasteiger partial charge in [0.1, 0.15) is 5.75 Å². The average molecular weight is 215 g/mol. The molecule has 0 aliphatic heterocycles. The number of methoxy groups -OCH3 is 1. The highest BCUT2D eigenvalue weighted by molar-refractivity contribution is 5.61. The van der Waals surface area contributed by atoms with E-state index in [-0.39, 0.29) is 6.61 Å². The van der Waals surface area contributed by atoms with Gasteiger partial charge < -0.3 is 9.84 Å². The van der Waals surface area contributed by atoms with Crippen LogP contribution in [0.3, 0.4) is 0 Å². The van der Waals surface area contributed by atoms with E-state index in [4.69, 9.17) is 9.84 Å². The Morgan fingerprint density at radius 2 is 2.12 bits per heavy atom. The molecular formula is C13H13NO2. The van der Waals surface area contributed by atoms with Gasteiger partial charge >= 0.3 is 0 Å². The molecule has 1 aromatic heterocycles. The summed E-state index contributed by atoms with van der Waals surface area (Å²) in [6.07, 6.45) is 1.68. The maximum Gasteiger partial charge on any atom is 0.119 e. The van der Waals surface area contributed by atoms with Gasteiger partial charge in [0.15, 0.2) is 0 Å². The second kappa shape index (κ2) is 4.77. The number of rotatable bonds is 3. The summed E-state index contributed by atoms with van der Waals surface area (Å²) >= 11 is 0. The zero-order chi connectivity index (χ0) is 11.4. The predicted octanol–water partition coefficient (Wildman–Crippen LogP) is 2.25. The van der Waals surface area contributed by atoms with Gasteiger partial charge in [0.2, 0.25) is 0 Å². The van der Waals surface area contributed by atoms with E-state index in [1.807, 2.05) is 36.4 Å². The molecule has 0 fully saturated rings. The molecule has 0 aliphatic carbocycles. The van der Waals surface area contributed by atoms with Crippen molar-refractivity contribution >= 4 is 0 Å². The van der Waals surface area contributed by atoms with Crippen LogP contribution in [0, 0.1) is 0 Å². The van der Waals surface area contributed by atoms with Crippen LogP contribution in [0.15, 0.2) is 42.6 Å². The highest BCUT2D eigenvalue weighted by Crippen LogP contribution is 2.21. The number of benzene rings is 1. The lowest BCUT2D eigenvalue weighted by Gasteiger charge is -2.04. The topological polar surface area (TPSA) is 42.4 Å². The molecule has 0 spiro atoms. The molecule has 0 saturated carbocycles. The predicted molar refractivity (Wildman–Crippen MR) is 62.1 cm³/mol. The summed E-state index contributed by atoms with van der Waals surface area (Å²) in [5.41, 5.74) is 2.69. The molecule has 0 atom stereocenters. The zero-order valence-corrected chi connectivity index (χ0v) is 9.05. The molecule has 1 N–H and O–H groups in total.